The summed E-state index contributed by atoms with van der Waals surface area (Å²) in [6.07, 6.45) is 4.95. The lowest BCUT2D eigenvalue weighted by Crippen LogP contribution is -2.49. The predicted octanol–water partition coefficient (Wildman–Crippen LogP) is 4.18. The van der Waals surface area contributed by atoms with Gasteiger partial charge in [-0.1, -0.05) is 48.5 Å². The first kappa shape index (κ1) is 16.5. The van der Waals surface area contributed by atoms with Crippen LogP contribution in [0, 0.1) is 0 Å². The van der Waals surface area contributed by atoms with Crippen molar-refractivity contribution >= 4 is 11.6 Å². The van der Waals surface area contributed by atoms with E-state index in [1.165, 1.54) is 5.56 Å². The highest BCUT2D eigenvalue weighted by Gasteiger charge is 2.36. The summed E-state index contributed by atoms with van der Waals surface area (Å²) in [6.45, 7) is 4.10. The zero-order chi connectivity index (χ0) is 18.1. The summed E-state index contributed by atoms with van der Waals surface area (Å²) in [7, 11) is 0. The highest BCUT2D eigenvalue weighted by atomic mass is 16.2. The number of hydrogen-bond donors (Lipinski definition) is 0. The third-order valence-electron chi connectivity index (χ3n) is 5.18. The van der Waals surface area contributed by atoms with Gasteiger partial charge in [0.15, 0.2) is 12.4 Å². The van der Waals surface area contributed by atoms with Gasteiger partial charge < -0.3 is 4.90 Å². The van der Waals surface area contributed by atoms with E-state index in [0.717, 1.165) is 23.2 Å². The van der Waals surface area contributed by atoms with Crippen molar-refractivity contribution in [3.05, 3.63) is 84.7 Å². The topological polar surface area (TPSA) is 24.2 Å². The number of pyridine rings is 1. The first-order valence-corrected chi connectivity index (χ1v) is 9.12. The first-order chi connectivity index (χ1) is 12.6. The van der Waals surface area contributed by atoms with Crippen LogP contribution >= 0.6 is 0 Å². The maximum atomic E-state index is 13.3. The van der Waals surface area contributed by atoms with Crippen LogP contribution in [0.4, 0.5) is 5.69 Å². The molecular weight excluding hydrogens is 320 g/mol. The van der Waals surface area contributed by atoms with Gasteiger partial charge in [-0.05, 0) is 36.6 Å². The van der Waals surface area contributed by atoms with Crippen molar-refractivity contribution < 1.29 is 9.36 Å². The van der Waals surface area contributed by atoms with Crippen molar-refractivity contribution in [1.29, 1.82) is 0 Å². The average molecular weight is 343 g/mol. The Morgan fingerprint density at radius 3 is 2.50 bits per heavy atom. The lowest BCUT2D eigenvalue weighted by molar-refractivity contribution is -0.705. The highest BCUT2D eigenvalue weighted by molar-refractivity contribution is 5.97. The Kier molecular flexibility index (Phi) is 4.29. The second-order valence-corrected chi connectivity index (χ2v) is 6.97. The van der Waals surface area contributed by atoms with Crippen LogP contribution in [0.5, 0.6) is 0 Å². The molecule has 130 valence electrons. The Balaban J connectivity index is 1.64. The number of anilines is 1. The normalized spacial score (nSPS) is 17.0. The molecule has 0 unspecified atom stereocenters. The number of para-hydroxylation sites is 1. The summed E-state index contributed by atoms with van der Waals surface area (Å²) in [5, 5.41) is 0. The van der Waals surface area contributed by atoms with Gasteiger partial charge >= 0.3 is 0 Å². The number of benzene rings is 2. The molecule has 1 aromatic heterocycles. The summed E-state index contributed by atoms with van der Waals surface area (Å²) < 4.78 is 2.01. The smallest absolute Gasteiger partial charge is 0.296 e. The van der Waals surface area contributed by atoms with Crippen LogP contribution in [-0.4, -0.2) is 11.9 Å². The molecule has 2 aromatic carbocycles. The molecule has 0 spiro atoms. The second-order valence-electron chi connectivity index (χ2n) is 6.97. The van der Waals surface area contributed by atoms with Crippen LogP contribution in [-0.2, 0) is 11.2 Å². The van der Waals surface area contributed by atoms with Gasteiger partial charge in [0.1, 0.15) is 0 Å². The van der Waals surface area contributed by atoms with Gasteiger partial charge in [-0.15, -0.1) is 0 Å². The molecule has 3 heteroatoms. The third kappa shape index (κ3) is 2.90. The Hall–Kier alpha value is -2.94. The minimum Gasteiger partial charge on any atom is -0.303 e. The van der Waals surface area contributed by atoms with Gasteiger partial charge in [-0.25, -0.2) is 0 Å². The molecule has 0 bridgehead atoms. The summed E-state index contributed by atoms with van der Waals surface area (Å²) in [6, 6.07) is 22.5. The maximum Gasteiger partial charge on any atom is 0.296 e. The zero-order valence-corrected chi connectivity index (χ0v) is 15.2. The van der Waals surface area contributed by atoms with Gasteiger partial charge in [0, 0.05) is 30.3 Å². The Morgan fingerprint density at radius 2 is 1.69 bits per heavy atom. The number of fused-ring (bicyclic) bond motifs is 1. The van der Waals surface area contributed by atoms with Gasteiger partial charge in [0.25, 0.3) is 5.91 Å². The first-order valence-electron chi connectivity index (χ1n) is 9.12. The van der Waals surface area contributed by atoms with Crippen molar-refractivity contribution in [3.63, 3.8) is 0 Å². The summed E-state index contributed by atoms with van der Waals surface area (Å²) in [4.78, 5) is 15.2. The van der Waals surface area contributed by atoms with E-state index in [2.05, 4.69) is 43.5 Å². The molecule has 0 saturated heterocycles. The average Bonchev–Trinajstić information content (AvgIpc) is 3.03. The van der Waals surface area contributed by atoms with Crippen LogP contribution in [0.2, 0.25) is 0 Å². The number of amides is 1. The number of aromatic nitrogens is 1. The fourth-order valence-corrected chi connectivity index (χ4v) is 3.77. The molecule has 3 nitrogen and oxygen atoms in total. The van der Waals surface area contributed by atoms with Gasteiger partial charge in [0.05, 0.1) is 0 Å². The fourth-order valence-electron chi connectivity index (χ4n) is 3.77. The fraction of sp³-hybridized carbons (Fsp3) is 0.217. The standard InChI is InChI=1S/C23H23N2O/c1-17-15-20-11-6-7-13-22(20)25(17)23(26)18(2)24-14-8-12-21(16-24)19-9-4-3-5-10-19/h3-14,16-18H,15H2,1-2H3/q+1/t17-,18+/m0/s1. The molecule has 26 heavy (non-hydrogen) atoms. The highest BCUT2D eigenvalue weighted by Crippen LogP contribution is 2.33. The molecule has 0 N–H and O–H groups in total. The summed E-state index contributed by atoms with van der Waals surface area (Å²) in [5.74, 6) is 0.137. The third-order valence-corrected chi connectivity index (χ3v) is 5.18. The Bertz CT molecular complexity index is 936. The predicted molar refractivity (Wildman–Crippen MR) is 104 cm³/mol. The number of hydrogen-bond acceptors (Lipinski definition) is 1. The van der Waals surface area contributed by atoms with Crippen molar-refractivity contribution in [2.75, 3.05) is 4.90 Å². The molecule has 4 rings (SSSR count). The van der Waals surface area contributed by atoms with E-state index < -0.39 is 0 Å². The van der Waals surface area contributed by atoms with Crippen molar-refractivity contribution in [1.82, 2.24) is 0 Å². The molecule has 3 aromatic rings. The molecule has 1 amide bonds. The van der Waals surface area contributed by atoms with Crippen LogP contribution in [0.15, 0.2) is 79.1 Å². The van der Waals surface area contributed by atoms with E-state index in [1.54, 1.807) is 0 Å². The van der Waals surface area contributed by atoms with Gasteiger partial charge in [-0.3, -0.25) is 4.79 Å². The molecule has 1 aliphatic rings. The van der Waals surface area contributed by atoms with Gasteiger partial charge in [-0.2, -0.15) is 4.57 Å². The van der Waals surface area contributed by atoms with Crippen LogP contribution in [0.1, 0.15) is 25.5 Å². The van der Waals surface area contributed by atoms with E-state index in [4.69, 9.17) is 0 Å². The lowest BCUT2D eigenvalue weighted by atomic mass is 10.1. The quantitative estimate of drug-likeness (QED) is 0.655. The van der Waals surface area contributed by atoms with E-state index in [-0.39, 0.29) is 18.0 Å². The molecule has 0 fully saturated rings. The van der Waals surface area contributed by atoms with Crippen molar-refractivity contribution in [2.24, 2.45) is 0 Å². The number of rotatable bonds is 3. The number of carbonyl (C=O) groups is 1. The molecule has 0 aliphatic carbocycles. The SMILES string of the molecule is C[C@H](C(=O)N1c2ccccc2C[C@@H]1C)[n+]1cccc(-c2ccccc2)c1. The molecular formula is C23H23N2O+. The van der Waals surface area contributed by atoms with Crippen LogP contribution in [0.3, 0.4) is 0 Å². The molecule has 0 saturated carbocycles. The van der Waals surface area contributed by atoms with Crippen molar-refractivity contribution in [3.8, 4) is 11.1 Å². The van der Waals surface area contributed by atoms with Crippen LogP contribution in [0.25, 0.3) is 11.1 Å². The Morgan fingerprint density at radius 1 is 1.00 bits per heavy atom. The molecule has 0 radical (unpaired) electrons. The largest absolute Gasteiger partial charge is 0.303 e. The maximum absolute atomic E-state index is 13.3. The van der Waals surface area contributed by atoms with Crippen LogP contribution < -0.4 is 9.47 Å². The summed E-state index contributed by atoms with van der Waals surface area (Å²) in [5.41, 5.74) is 4.57. The summed E-state index contributed by atoms with van der Waals surface area (Å²) >= 11 is 0. The van der Waals surface area contributed by atoms with Gasteiger partial charge in [0.2, 0.25) is 6.04 Å². The molecule has 2 heterocycles. The van der Waals surface area contributed by atoms with E-state index >= 15 is 0 Å². The minimum absolute atomic E-state index is 0.137. The number of carbonyl (C=O) groups excluding carboxylic acids is 1. The van der Waals surface area contributed by atoms with Crippen molar-refractivity contribution in [2.45, 2.75) is 32.4 Å². The second kappa shape index (κ2) is 6.75. The van der Waals surface area contributed by atoms with E-state index in [0.29, 0.717) is 0 Å². The number of nitrogens with zero attached hydrogens (tertiary/aromatic N) is 2. The van der Waals surface area contributed by atoms with E-state index in [1.807, 2.05) is 59.0 Å². The molecule has 2 atom stereocenters. The zero-order valence-electron chi connectivity index (χ0n) is 15.2. The lowest BCUT2D eigenvalue weighted by Gasteiger charge is -2.24. The Labute approximate surface area is 154 Å². The van der Waals surface area contributed by atoms with E-state index in [9.17, 15) is 4.79 Å². The minimum atomic E-state index is -0.257. The monoisotopic (exact) mass is 343 g/mol. The molecule has 1 aliphatic heterocycles.